The normalized spacial score (nSPS) is 10.9. The molecule has 338 valence electrons. The second-order valence-corrected chi connectivity index (χ2v) is 14.0. The molecule has 1 heterocycles. The molecule has 0 aliphatic heterocycles. The van der Waals surface area contributed by atoms with E-state index in [4.69, 9.17) is 19.0 Å². The van der Waals surface area contributed by atoms with Gasteiger partial charge in [-0.2, -0.15) is 0 Å². The standard InChI is InChI=1S/C21H20O6.C15H10O7.C14H12O3/c1-26-20-11-14(5-9-18(20)24)3-7-16(22)13-17(23)8-4-15-6-10-19(25)21(12-15)27-2;16-7-4-10(19)12-11(5-7)22-15(14(21)13(12)20)6-1-2-8(17)9(18)3-6;15-12-5-3-10(4-6-12)1-2-11-7-13(16)9-14(17)8-11/h3-12,24-25H,13H2,1-2H3;1-5,16-19,21H;1-9,15-17H/b7-3+,8-4+;;2-1+. The number of carbonyl (C=O) groups excluding carboxylic acids is 2. The van der Waals surface area contributed by atoms with Gasteiger partial charge >= 0.3 is 0 Å². The van der Waals surface area contributed by atoms with Gasteiger partial charge in [0, 0.05) is 23.8 Å². The Bertz CT molecular complexity index is 2940. The predicted octanol–water partition coefficient (Wildman–Crippen LogP) is 8.33. The number of aromatic hydroxyl groups is 10. The molecule has 16 heteroatoms. The molecular weight excluding hydrogens is 857 g/mol. The molecule has 0 saturated heterocycles. The summed E-state index contributed by atoms with van der Waals surface area (Å²) in [5, 5.41) is 94.4. The summed E-state index contributed by atoms with van der Waals surface area (Å²) >= 11 is 0. The molecule has 0 radical (unpaired) electrons. The summed E-state index contributed by atoms with van der Waals surface area (Å²) < 4.78 is 15.3. The number of benzene rings is 6. The number of allylic oxidation sites excluding steroid dienone is 2. The van der Waals surface area contributed by atoms with Crippen molar-refractivity contribution in [1.29, 1.82) is 0 Å². The topological polar surface area (TPSA) is 285 Å². The third-order valence-corrected chi connectivity index (χ3v) is 9.14. The number of ketones is 2. The van der Waals surface area contributed by atoms with Gasteiger partial charge in [-0.25, -0.2) is 0 Å². The Kier molecular flexibility index (Phi) is 15.7. The van der Waals surface area contributed by atoms with Crippen molar-refractivity contribution in [1.82, 2.24) is 0 Å². The van der Waals surface area contributed by atoms with Gasteiger partial charge in [-0.15, -0.1) is 0 Å². The smallest absolute Gasteiger partial charge is 0.238 e. The van der Waals surface area contributed by atoms with E-state index in [2.05, 4.69) is 0 Å². The van der Waals surface area contributed by atoms with E-state index in [1.807, 2.05) is 6.08 Å². The van der Waals surface area contributed by atoms with Crippen molar-refractivity contribution >= 4 is 46.8 Å². The molecule has 0 atom stereocenters. The number of carbonyl (C=O) groups is 2. The van der Waals surface area contributed by atoms with Crippen molar-refractivity contribution in [3.63, 3.8) is 0 Å². The van der Waals surface area contributed by atoms with Gasteiger partial charge in [0.2, 0.25) is 11.2 Å². The highest BCUT2D eigenvalue weighted by Gasteiger charge is 2.19. The summed E-state index contributed by atoms with van der Waals surface area (Å²) in [6.07, 6.45) is 9.04. The van der Waals surface area contributed by atoms with Crippen molar-refractivity contribution in [3.05, 3.63) is 154 Å². The highest BCUT2D eigenvalue weighted by atomic mass is 16.5. The third kappa shape index (κ3) is 12.9. The lowest BCUT2D eigenvalue weighted by Crippen LogP contribution is -2.02. The van der Waals surface area contributed by atoms with Gasteiger partial charge in [-0.1, -0.05) is 48.6 Å². The highest BCUT2D eigenvalue weighted by molar-refractivity contribution is 6.11. The van der Waals surface area contributed by atoms with Crippen LogP contribution < -0.4 is 14.9 Å². The molecule has 7 rings (SSSR count). The third-order valence-electron chi connectivity index (χ3n) is 9.14. The fraction of sp³-hybridized carbons (Fsp3) is 0.0600. The van der Waals surface area contributed by atoms with Crippen molar-refractivity contribution in [3.8, 4) is 80.3 Å². The second-order valence-electron chi connectivity index (χ2n) is 14.0. The van der Waals surface area contributed by atoms with Crippen molar-refractivity contribution in [2.24, 2.45) is 0 Å². The average Bonchev–Trinajstić information content (AvgIpc) is 3.27. The van der Waals surface area contributed by atoms with E-state index in [-0.39, 0.29) is 80.5 Å². The molecule has 0 unspecified atom stereocenters. The Hall–Kier alpha value is -9.31. The van der Waals surface area contributed by atoms with Crippen LogP contribution in [0.5, 0.6) is 69.0 Å². The summed E-state index contributed by atoms with van der Waals surface area (Å²) in [5.41, 5.74) is 2.06. The SMILES string of the molecule is COc1cc(/C=C/C(=O)CC(=O)/C=C/c2ccc(O)c(OC)c2)ccc1O.O=c1c(O)c(-c2ccc(O)c(O)c2)oc2cc(O)cc(O)c12.Oc1ccc(/C=C/c2cc(O)cc(O)c2)cc1. The van der Waals surface area contributed by atoms with Crippen LogP contribution in [0.25, 0.3) is 46.6 Å². The van der Waals surface area contributed by atoms with Gasteiger partial charge < -0.3 is 65.0 Å². The summed E-state index contributed by atoms with van der Waals surface area (Å²) in [5.74, 6) is -2.53. The van der Waals surface area contributed by atoms with Crippen LogP contribution in [0.2, 0.25) is 0 Å². The van der Waals surface area contributed by atoms with E-state index < -0.39 is 22.7 Å². The first-order valence-electron chi connectivity index (χ1n) is 19.3. The monoisotopic (exact) mass is 898 g/mol. The average molecular weight is 899 g/mol. The molecule has 7 aromatic rings. The molecule has 1 aromatic heterocycles. The molecule has 0 amide bonds. The Labute approximate surface area is 375 Å². The minimum atomic E-state index is -0.888. The second kappa shape index (κ2) is 21.7. The number of ether oxygens (including phenoxy) is 2. The summed E-state index contributed by atoms with van der Waals surface area (Å²) in [6.45, 7) is 0. The van der Waals surface area contributed by atoms with Crippen molar-refractivity contribution < 1.29 is 74.5 Å². The maximum absolute atomic E-state index is 12.1. The number of phenolic OH excluding ortho intramolecular Hbond substituents is 9. The number of hydrogen-bond donors (Lipinski definition) is 10. The van der Waals surface area contributed by atoms with Crippen LogP contribution in [0.4, 0.5) is 0 Å². The Morgan fingerprint density at radius 1 is 0.485 bits per heavy atom. The van der Waals surface area contributed by atoms with Crippen LogP contribution in [-0.4, -0.2) is 76.9 Å². The molecule has 0 saturated carbocycles. The van der Waals surface area contributed by atoms with Gasteiger partial charge in [0.15, 0.2) is 51.8 Å². The summed E-state index contributed by atoms with van der Waals surface area (Å²) in [4.78, 5) is 36.0. The van der Waals surface area contributed by atoms with E-state index in [0.717, 1.165) is 29.8 Å². The summed E-state index contributed by atoms with van der Waals surface area (Å²) in [6, 6.07) is 26.1. The van der Waals surface area contributed by atoms with Gasteiger partial charge in [0.1, 0.15) is 39.7 Å². The zero-order chi connectivity index (χ0) is 48.1. The Morgan fingerprint density at radius 3 is 1.52 bits per heavy atom. The number of phenols is 9. The number of fused-ring (bicyclic) bond motifs is 1. The highest BCUT2D eigenvalue weighted by Crippen LogP contribution is 2.38. The molecule has 0 aliphatic rings. The molecule has 6 aromatic carbocycles. The first kappa shape index (κ1) is 47.7. The first-order chi connectivity index (χ1) is 31.4. The fourth-order valence-corrected chi connectivity index (χ4v) is 5.89. The van der Waals surface area contributed by atoms with Crippen molar-refractivity contribution in [2.75, 3.05) is 14.2 Å². The van der Waals surface area contributed by atoms with E-state index >= 15 is 0 Å². The van der Waals surface area contributed by atoms with Gasteiger partial charge in [0.25, 0.3) is 0 Å². The zero-order valence-corrected chi connectivity index (χ0v) is 35.0. The quantitative estimate of drug-likeness (QED) is 0.0253. The number of methoxy groups -OCH3 is 2. The molecule has 66 heavy (non-hydrogen) atoms. The lowest BCUT2D eigenvalue weighted by atomic mass is 10.1. The van der Waals surface area contributed by atoms with E-state index in [1.54, 1.807) is 78.9 Å². The van der Waals surface area contributed by atoms with Crippen LogP contribution in [0.3, 0.4) is 0 Å². The maximum Gasteiger partial charge on any atom is 0.238 e. The van der Waals surface area contributed by atoms with Crippen LogP contribution >= 0.6 is 0 Å². The molecular formula is C50H42O16. The molecule has 0 aliphatic carbocycles. The lowest BCUT2D eigenvalue weighted by Gasteiger charge is -2.08. The molecule has 16 nitrogen and oxygen atoms in total. The van der Waals surface area contributed by atoms with Crippen LogP contribution in [-0.2, 0) is 9.59 Å². The minimum Gasteiger partial charge on any atom is -0.508 e. The zero-order valence-electron chi connectivity index (χ0n) is 35.0. The van der Waals surface area contributed by atoms with Crippen LogP contribution in [0.1, 0.15) is 28.7 Å². The van der Waals surface area contributed by atoms with Crippen LogP contribution in [0, 0.1) is 0 Å². The summed E-state index contributed by atoms with van der Waals surface area (Å²) in [7, 11) is 2.87. The maximum atomic E-state index is 12.1. The molecule has 10 N–H and O–H groups in total. The molecule has 0 spiro atoms. The van der Waals surface area contributed by atoms with Gasteiger partial charge in [0.05, 0.1) is 20.6 Å². The van der Waals surface area contributed by atoms with Crippen molar-refractivity contribution in [2.45, 2.75) is 6.42 Å². The Balaban J connectivity index is 0.000000190. The van der Waals surface area contributed by atoms with Gasteiger partial charge in [-0.3, -0.25) is 14.4 Å². The lowest BCUT2D eigenvalue weighted by molar-refractivity contribution is -0.121. The predicted molar refractivity (Wildman–Crippen MR) is 245 cm³/mol. The largest absolute Gasteiger partial charge is 0.508 e. The Morgan fingerprint density at radius 2 is 0.985 bits per heavy atom. The number of hydrogen-bond acceptors (Lipinski definition) is 16. The fourth-order valence-electron chi connectivity index (χ4n) is 5.89. The van der Waals surface area contributed by atoms with E-state index in [0.29, 0.717) is 28.2 Å². The molecule has 0 fully saturated rings. The minimum absolute atomic E-state index is 0.00662. The number of rotatable bonds is 11. The van der Waals surface area contributed by atoms with Crippen LogP contribution in [0.15, 0.2) is 131 Å². The van der Waals surface area contributed by atoms with Gasteiger partial charge in [-0.05, 0) is 101 Å². The van der Waals surface area contributed by atoms with E-state index in [1.165, 1.54) is 50.6 Å². The first-order valence-corrected chi connectivity index (χ1v) is 19.3. The van der Waals surface area contributed by atoms with E-state index in [9.17, 15) is 60.3 Å². The molecule has 0 bridgehead atoms.